The number of aromatic nitrogens is 2. The van der Waals surface area contributed by atoms with Gasteiger partial charge in [0.1, 0.15) is 5.82 Å². The van der Waals surface area contributed by atoms with Gasteiger partial charge in [0.05, 0.1) is 17.8 Å². The highest BCUT2D eigenvalue weighted by Crippen LogP contribution is 2.18. The summed E-state index contributed by atoms with van der Waals surface area (Å²) in [5.74, 6) is 0.675. The fourth-order valence-corrected chi connectivity index (χ4v) is 2.91. The highest BCUT2D eigenvalue weighted by atomic mass is 16.5. The largest absolute Gasteiger partial charge is 0.372 e. The summed E-state index contributed by atoms with van der Waals surface area (Å²) < 4.78 is 5.74. The van der Waals surface area contributed by atoms with Crippen molar-refractivity contribution < 1.29 is 9.53 Å². The highest BCUT2D eigenvalue weighted by Gasteiger charge is 2.22. The minimum Gasteiger partial charge on any atom is -0.372 e. The molecule has 0 bridgehead atoms. The Morgan fingerprint density at radius 2 is 2.04 bits per heavy atom. The Bertz CT molecular complexity index is 757. The molecule has 2 aromatic rings. The zero-order valence-corrected chi connectivity index (χ0v) is 14.4. The molecule has 0 saturated carbocycles. The quantitative estimate of drug-likeness (QED) is 0.875. The maximum atomic E-state index is 12.0. The van der Waals surface area contributed by atoms with Gasteiger partial charge in [-0.3, -0.25) is 9.59 Å². The van der Waals surface area contributed by atoms with E-state index in [0.29, 0.717) is 12.1 Å². The van der Waals surface area contributed by atoms with Gasteiger partial charge in [-0.1, -0.05) is 6.07 Å². The number of carbonyl (C=O) groups is 1. The second-order valence-electron chi connectivity index (χ2n) is 6.31. The first-order chi connectivity index (χ1) is 12.0. The van der Waals surface area contributed by atoms with Crippen LogP contribution in [0.3, 0.4) is 0 Å². The molecule has 3 rings (SSSR count). The van der Waals surface area contributed by atoms with E-state index in [9.17, 15) is 9.59 Å². The molecule has 1 aliphatic heterocycles. The van der Waals surface area contributed by atoms with E-state index in [0.717, 1.165) is 24.5 Å². The fraction of sp³-hybridized carbons (Fsp3) is 0.389. The van der Waals surface area contributed by atoms with E-state index in [4.69, 9.17) is 4.74 Å². The molecule has 25 heavy (non-hydrogen) atoms. The molecule has 0 spiro atoms. The van der Waals surface area contributed by atoms with Crippen LogP contribution < -0.4 is 15.8 Å². The number of anilines is 1. The summed E-state index contributed by atoms with van der Waals surface area (Å²) in [6.45, 7) is 6.13. The van der Waals surface area contributed by atoms with Gasteiger partial charge >= 0.3 is 0 Å². The number of amides is 1. The SMILES string of the molecule is C[C@@H]1CN(c2ccc(CNC(=O)c3ccc(=O)[nH]c3)cn2)C[C@H](C)O1. The summed E-state index contributed by atoms with van der Waals surface area (Å²) in [7, 11) is 0. The van der Waals surface area contributed by atoms with Crippen molar-refractivity contribution in [2.24, 2.45) is 0 Å². The number of aromatic amines is 1. The summed E-state index contributed by atoms with van der Waals surface area (Å²) in [5.41, 5.74) is 1.10. The van der Waals surface area contributed by atoms with Crippen LogP contribution in [0.15, 0.2) is 41.5 Å². The van der Waals surface area contributed by atoms with E-state index < -0.39 is 0 Å². The molecule has 0 aliphatic carbocycles. The minimum atomic E-state index is -0.240. The molecule has 0 radical (unpaired) electrons. The van der Waals surface area contributed by atoms with Crippen LogP contribution in [-0.4, -0.2) is 41.2 Å². The first-order valence-corrected chi connectivity index (χ1v) is 8.33. The molecule has 0 aromatic carbocycles. The van der Waals surface area contributed by atoms with Gasteiger partial charge < -0.3 is 19.9 Å². The zero-order valence-electron chi connectivity index (χ0n) is 14.4. The molecule has 7 heteroatoms. The number of hydrogen-bond donors (Lipinski definition) is 2. The van der Waals surface area contributed by atoms with E-state index in [-0.39, 0.29) is 23.7 Å². The number of rotatable bonds is 4. The Morgan fingerprint density at radius 3 is 2.64 bits per heavy atom. The fourth-order valence-electron chi connectivity index (χ4n) is 2.91. The molecule has 132 valence electrons. The lowest BCUT2D eigenvalue weighted by molar-refractivity contribution is -0.00546. The summed E-state index contributed by atoms with van der Waals surface area (Å²) >= 11 is 0. The van der Waals surface area contributed by atoms with E-state index >= 15 is 0 Å². The van der Waals surface area contributed by atoms with Gasteiger partial charge in [0.15, 0.2) is 0 Å². The maximum absolute atomic E-state index is 12.0. The predicted octanol–water partition coefficient (Wildman–Crippen LogP) is 1.31. The van der Waals surface area contributed by atoms with Crippen molar-refractivity contribution in [3.63, 3.8) is 0 Å². The molecule has 2 atom stereocenters. The molecular formula is C18H22N4O3. The molecule has 1 amide bonds. The standard InChI is InChI=1S/C18H22N4O3/c1-12-10-22(11-13(2)25-12)16-5-3-14(7-19-16)8-21-18(24)15-4-6-17(23)20-9-15/h3-7,9,12-13H,8,10-11H2,1-2H3,(H,20,23)(H,21,24)/t12-,13+. The number of ether oxygens (including phenoxy) is 1. The third-order valence-electron chi connectivity index (χ3n) is 4.05. The number of pyridine rings is 2. The molecular weight excluding hydrogens is 320 g/mol. The Balaban J connectivity index is 1.58. The number of morpholine rings is 1. The van der Waals surface area contributed by atoms with E-state index in [1.165, 1.54) is 18.3 Å². The summed E-state index contributed by atoms with van der Waals surface area (Å²) in [6.07, 6.45) is 3.54. The second kappa shape index (κ2) is 7.48. The minimum absolute atomic E-state index is 0.182. The summed E-state index contributed by atoms with van der Waals surface area (Å²) in [6, 6.07) is 6.75. The number of nitrogens with one attached hydrogen (secondary N) is 2. The van der Waals surface area contributed by atoms with Crippen LogP contribution in [0.25, 0.3) is 0 Å². The molecule has 2 N–H and O–H groups in total. The Kier molecular flexibility index (Phi) is 5.14. The summed E-state index contributed by atoms with van der Waals surface area (Å²) in [4.78, 5) is 32.3. The van der Waals surface area contributed by atoms with Crippen molar-refractivity contribution >= 4 is 11.7 Å². The smallest absolute Gasteiger partial charge is 0.253 e. The molecule has 0 unspecified atom stereocenters. The van der Waals surface area contributed by atoms with Crippen LogP contribution in [-0.2, 0) is 11.3 Å². The van der Waals surface area contributed by atoms with Gasteiger partial charge in [-0.2, -0.15) is 0 Å². The first kappa shape index (κ1) is 17.2. The molecule has 1 aliphatic rings. The topological polar surface area (TPSA) is 87.3 Å². The average Bonchev–Trinajstić information content (AvgIpc) is 2.60. The molecule has 3 heterocycles. The molecule has 2 aromatic heterocycles. The Labute approximate surface area is 146 Å². The third-order valence-corrected chi connectivity index (χ3v) is 4.05. The van der Waals surface area contributed by atoms with Gasteiger partial charge in [-0.15, -0.1) is 0 Å². The van der Waals surface area contributed by atoms with E-state index in [1.807, 2.05) is 12.1 Å². The van der Waals surface area contributed by atoms with Crippen LogP contribution in [0.4, 0.5) is 5.82 Å². The van der Waals surface area contributed by atoms with Gasteiger partial charge in [-0.05, 0) is 31.5 Å². The molecule has 1 saturated heterocycles. The van der Waals surface area contributed by atoms with Crippen molar-refractivity contribution in [3.05, 3.63) is 58.1 Å². The maximum Gasteiger partial charge on any atom is 0.253 e. The Morgan fingerprint density at radius 1 is 1.28 bits per heavy atom. The van der Waals surface area contributed by atoms with Gasteiger partial charge in [0.25, 0.3) is 5.91 Å². The molecule has 7 nitrogen and oxygen atoms in total. The van der Waals surface area contributed by atoms with Crippen molar-refractivity contribution in [2.45, 2.75) is 32.6 Å². The molecule has 1 fully saturated rings. The third kappa shape index (κ3) is 4.45. The normalized spacial score (nSPS) is 20.3. The lowest BCUT2D eigenvalue weighted by Crippen LogP contribution is -2.45. The average molecular weight is 342 g/mol. The van der Waals surface area contributed by atoms with Crippen LogP contribution in [0.1, 0.15) is 29.8 Å². The monoisotopic (exact) mass is 342 g/mol. The predicted molar refractivity (Wildman–Crippen MR) is 94.7 cm³/mol. The first-order valence-electron chi connectivity index (χ1n) is 8.33. The summed E-state index contributed by atoms with van der Waals surface area (Å²) in [5, 5.41) is 2.81. The van der Waals surface area contributed by atoms with Gasteiger partial charge in [0, 0.05) is 38.1 Å². The highest BCUT2D eigenvalue weighted by molar-refractivity contribution is 5.93. The van der Waals surface area contributed by atoms with Crippen molar-refractivity contribution in [1.82, 2.24) is 15.3 Å². The van der Waals surface area contributed by atoms with E-state index in [2.05, 4.69) is 34.0 Å². The van der Waals surface area contributed by atoms with Gasteiger partial charge in [0.2, 0.25) is 5.56 Å². The van der Waals surface area contributed by atoms with Crippen molar-refractivity contribution in [1.29, 1.82) is 0 Å². The van der Waals surface area contributed by atoms with Crippen molar-refractivity contribution in [2.75, 3.05) is 18.0 Å². The zero-order chi connectivity index (χ0) is 17.8. The van der Waals surface area contributed by atoms with E-state index in [1.54, 1.807) is 6.20 Å². The van der Waals surface area contributed by atoms with Crippen LogP contribution in [0, 0.1) is 0 Å². The van der Waals surface area contributed by atoms with Crippen molar-refractivity contribution in [3.8, 4) is 0 Å². The number of hydrogen-bond acceptors (Lipinski definition) is 5. The number of nitrogens with zero attached hydrogens (tertiary/aromatic N) is 2. The Hall–Kier alpha value is -2.67. The van der Waals surface area contributed by atoms with Gasteiger partial charge in [-0.25, -0.2) is 4.98 Å². The lowest BCUT2D eigenvalue weighted by atomic mass is 10.2. The number of H-pyrrole nitrogens is 1. The second-order valence-corrected chi connectivity index (χ2v) is 6.31. The van der Waals surface area contributed by atoms with Crippen LogP contribution in [0.5, 0.6) is 0 Å². The van der Waals surface area contributed by atoms with Crippen LogP contribution in [0.2, 0.25) is 0 Å². The lowest BCUT2D eigenvalue weighted by Gasteiger charge is -2.36. The van der Waals surface area contributed by atoms with Crippen LogP contribution >= 0.6 is 0 Å². The number of carbonyl (C=O) groups excluding carboxylic acids is 1.